The zero-order chi connectivity index (χ0) is 11.3. The molecule has 0 radical (unpaired) electrons. The number of ether oxygens (including phenoxy) is 1. The monoisotopic (exact) mass is 213 g/mol. The lowest BCUT2D eigenvalue weighted by atomic mass is 9.91. The van der Waals surface area contributed by atoms with E-state index in [9.17, 15) is 9.90 Å². The second kappa shape index (κ2) is 5.16. The molecule has 1 saturated heterocycles. The molecular formula is C11H19NO3. The van der Waals surface area contributed by atoms with Gasteiger partial charge in [0.1, 0.15) is 5.60 Å². The maximum atomic E-state index is 11.4. The van der Waals surface area contributed by atoms with E-state index in [4.69, 9.17) is 4.74 Å². The number of nitrogens with zero attached hydrogens (tertiary/aromatic N) is 1. The van der Waals surface area contributed by atoms with Gasteiger partial charge in [0.15, 0.2) is 0 Å². The van der Waals surface area contributed by atoms with Crippen LogP contribution in [0.1, 0.15) is 26.2 Å². The van der Waals surface area contributed by atoms with E-state index in [1.165, 1.54) is 4.90 Å². The number of β-amino-alcohol motifs (C(OH)–C–C–N with tert-alkyl or cyclic N) is 1. The van der Waals surface area contributed by atoms with Gasteiger partial charge in [0, 0.05) is 0 Å². The number of amides is 1. The Labute approximate surface area is 90.5 Å². The molecule has 0 aromatic rings. The molecule has 1 N–H and O–H groups in total. The maximum absolute atomic E-state index is 11.4. The Morgan fingerprint density at radius 2 is 2.33 bits per heavy atom. The van der Waals surface area contributed by atoms with Crippen LogP contribution in [0.4, 0.5) is 4.79 Å². The fraction of sp³-hybridized carbons (Fsp3) is 0.727. The zero-order valence-corrected chi connectivity index (χ0v) is 9.24. The molecule has 0 bridgehead atoms. The lowest BCUT2D eigenvalue weighted by Crippen LogP contribution is -2.63. The van der Waals surface area contributed by atoms with Crippen molar-refractivity contribution < 1.29 is 14.6 Å². The highest BCUT2D eigenvalue weighted by molar-refractivity contribution is 5.69. The molecule has 1 amide bonds. The summed E-state index contributed by atoms with van der Waals surface area (Å²) in [5.41, 5.74) is -0.772. The van der Waals surface area contributed by atoms with Gasteiger partial charge in [0.05, 0.1) is 19.7 Å². The summed E-state index contributed by atoms with van der Waals surface area (Å²) >= 11 is 0. The van der Waals surface area contributed by atoms with Crippen LogP contribution in [-0.2, 0) is 4.74 Å². The Morgan fingerprint density at radius 3 is 2.87 bits per heavy atom. The molecule has 1 aliphatic heterocycles. The van der Waals surface area contributed by atoms with Gasteiger partial charge in [-0.1, -0.05) is 19.4 Å². The van der Waals surface area contributed by atoms with Crippen molar-refractivity contribution in [3.63, 3.8) is 0 Å². The highest BCUT2D eigenvalue weighted by atomic mass is 16.6. The van der Waals surface area contributed by atoms with Crippen LogP contribution >= 0.6 is 0 Å². The van der Waals surface area contributed by atoms with E-state index < -0.39 is 5.60 Å². The van der Waals surface area contributed by atoms with Gasteiger partial charge < -0.3 is 14.7 Å². The molecule has 1 fully saturated rings. The summed E-state index contributed by atoms with van der Waals surface area (Å²) in [7, 11) is 0. The summed E-state index contributed by atoms with van der Waals surface area (Å²) in [4.78, 5) is 12.9. The Morgan fingerprint density at radius 1 is 1.67 bits per heavy atom. The summed E-state index contributed by atoms with van der Waals surface area (Å²) in [6, 6.07) is 0. The average molecular weight is 213 g/mol. The molecule has 1 aliphatic rings. The Bertz CT molecular complexity index is 234. The molecule has 1 rings (SSSR count). The van der Waals surface area contributed by atoms with Gasteiger partial charge in [-0.15, -0.1) is 6.58 Å². The predicted molar refractivity (Wildman–Crippen MR) is 57.6 cm³/mol. The highest BCUT2D eigenvalue weighted by Gasteiger charge is 2.43. The number of unbranched alkanes of at least 4 members (excludes halogenated alkanes) is 1. The van der Waals surface area contributed by atoms with Gasteiger partial charge in [-0.3, -0.25) is 0 Å². The van der Waals surface area contributed by atoms with Crippen LogP contribution < -0.4 is 0 Å². The topological polar surface area (TPSA) is 49.8 Å². The minimum atomic E-state index is -0.772. The minimum Gasteiger partial charge on any atom is -0.449 e. The van der Waals surface area contributed by atoms with Gasteiger partial charge in [-0.25, -0.2) is 4.79 Å². The number of aliphatic hydroxyl groups is 1. The largest absolute Gasteiger partial charge is 0.449 e. The standard InChI is InChI=1S/C11H19NO3/c1-3-5-7-15-10(13)12-8-11(14,9-12)6-4-2/h4,14H,2-3,5-9H2,1H3. The first-order valence-electron chi connectivity index (χ1n) is 5.36. The average Bonchev–Trinajstić information content (AvgIpc) is 2.14. The maximum Gasteiger partial charge on any atom is 0.409 e. The number of likely N-dealkylation sites (tertiary alicyclic amines) is 1. The van der Waals surface area contributed by atoms with Crippen molar-refractivity contribution in [1.29, 1.82) is 0 Å². The third-order valence-electron chi connectivity index (χ3n) is 2.48. The first-order chi connectivity index (χ1) is 7.11. The van der Waals surface area contributed by atoms with E-state index in [0.717, 1.165) is 12.8 Å². The first-order valence-corrected chi connectivity index (χ1v) is 5.36. The quantitative estimate of drug-likeness (QED) is 0.556. The molecule has 0 aromatic heterocycles. The van der Waals surface area contributed by atoms with Crippen LogP contribution in [0.15, 0.2) is 12.7 Å². The predicted octanol–water partition coefficient (Wildman–Crippen LogP) is 1.55. The molecule has 0 saturated carbocycles. The zero-order valence-electron chi connectivity index (χ0n) is 9.24. The van der Waals surface area contributed by atoms with Gasteiger partial charge in [0.2, 0.25) is 0 Å². The van der Waals surface area contributed by atoms with Crippen molar-refractivity contribution in [3.05, 3.63) is 12.7 Å². The van der Waals surface area contributed by atoms with E-state index in [2.05, 4.69) is 6.58 Å². The second-order valence-corrected chi connectivity index (χ2v) is 4.04. The van der Waals surface area contributed by atoms with Crippen molar-refractivity contribution in [2.75, 3.05) is 19.7 Å². The van der Waals surface area contributed by atoms with E-state index in [0.29, 0.717) is 26.1 Å². The second-order valence-electron chi connectivity index (χ2n) is 4.04. The van der Waals surface area contributed by atoms with Crippen molar-refractivity contribution in [3.8, 4) is 0 Å². The third-order valence-corrected chi connectivity index (χ3v) is 2.48. The van der Waals surface area contributed by atoms with Crippen LogP contribution in [0.2, 0.25) is 0 Å². The fourth-order valence-corrected chi connectivity index (χ4v) is 1.59. The fourth-order valence-electron chi connectivity index (χ4n) is 1.59. The molecule has 0 aliphatic carbocycles. The Balaban J connectivity index is 2.20. The molecule has 4 nitrogen and oxygen atoms in total. The summed E-state index contributed by atoms with van der Waals surface area (Å²) in [6.07, 6.45) is 3.76. The summed E-state index contributed by atoms with van der Waals surface area (Å²) < 4.78 is 5.01. The van der Waals surface area contributed by atoms with Gasteiger partial charge in [0.25, 0.3) is 0 Å². The number of carbonyl (C=O) groups is 1. The molecule has 0 atom stereocenters. The molecule has 4 heteroatoms. The molecule has 0 spiro atoms. The Hall–Kier alpha value is -1.03. The van der Waals surface area contributed by atoms with Gasteiger partial charge >= 0.3 is 6.09 Å². The molecule has 15 heavy (non-hydrogen) atoms. The molecule has 1 heterocycles. The molecular weight excluding hydrogens is 194 g/mol. The van der Waals surface area contributed by atoms with Crippen molar-refractivity contribution in [2.24, 2.45) is 0 Å². The normalized spacial score (nSPS) is 18.1. The van der Waals surface area contributed by atoms with Crippen LogP contribution in [0, 0.1) is 0 Å². The lowest BCUT2D eigenvalue weighted by molar-refractivity contribution is -0.0859. The van der Waals surface area contributed by atoms with Crippen LogP contribution in [-0.4, -0.2) is 41.4 Å². The molecule has 86 valence electrons. The lowest BCUT2D eigenvalue weighted by Gasteiger charge is -2.45. The molecule has 0 unspecified atom stereocenters. The van der Waals surface area contributed by atoms with Crippen molar-refractivity contribution >= 4 is 6.09 Å². The SMILES string of the molecule is C=CCC1(O)CN(C(=O)OCCCC)C1. The van der Waals surface area contributed by atoms with E-state index in [1.54, 1.807) is 6.08 Å². The van der Waals surface area contributed by atoms with Crippen LogP contribution in [0.3, 0.4) is 0 Å². The number of carbonyl (C=O) groups excluding carboxylic acids is 1. The summed E-state index contributed by atoms with van der Waals surface area (Å²) in [5, 5.41) is 9.78. The first kappa shape index (κ1) is 12.0. The number of hydrogen-bond donors (Lipinski definition) is 1. The van der Waals surface area contributed by atoms with Crippen LogP contribution in [0.25, 0.3) is 0 Å². The third kappa shape index (κ3) is 3.23. The highest BCUT2D eigenvalue weighted by Crippen LogP contribution is 2.25. The smallest absolute Gasteiger partial charge is 0.409 e. The van der Waals surface area contributed by atoms with E-state index in [-0.39, 0.29) is 6.09 Å². The van der Waals surface area contributed by atoms with E-state index >= 15 is 0 Å². The van der Waals surface area contributed by atoms with Gasteiger partial charge in [-0.2, -0.15) is 0 Å². The number of rotatable bonds is 5. The van der Waals surface area contributed by atoms with Crippen LogP contribution in [0.5, 0.6) is 0 Å². The number of hydrogen-bond acceptors (Lipinski definition) is 3. The van der Waals surface area contributed by atoms with E-state index in [1.807, 2.05) is 6.92 Å². The Kier molecular flexibility index (Phi) is 4.15. The minimum absolute atomic E-state index is 0.322. The summed E-state index contributed by atoms with van der Waals surface area (Å²) in [5.74, 6) is 0. The van der Waals surface area contributed by atoms with Crippen molar-refractivity contribution in [1.82, 2.24) is 4.90 Å². The molecule has 0 aromatic carbocycles. The summed E-state index contributed by atoms with van der Waals surface area (Å²) in [6.45, 7) is 6.77. The van der Waals surface area contributed by atoms with Gasteiger partial charge in [-0.05, 0) is 12.8 Å². The van der Waals surface area contributed by atoms with Crippen molar-refractivity contribution in [2.45, 2.75) is 31.8 Å².